The van der Waals surface area contributed by atoms with Crippen LogP contribution in [0.5, 0.6) is 0 Å². The number of amides is 6. The van der Waals surface area contributed by atoms with Crippen molar-refractivity contribution < 1.29 is 76.4 Å². The number of nitrogens with zero attached hydrogens (tertiary/aromatic N) is 2. The first-order chi connectivity index (χ1) is 40.5. The molecule has 0 aliphatic carbocycles. The summed E-state index contributed by atoms with van der Waals surface area (Å²) in [6, 6.07) is 1.38. The van der Waals surface area contributed by atoms with Crippen molar-refractivity contribution in [2.24, 2.45) is 10.7 Å². The molecule has 0 saturated carbocycles. The van der Waals surface area contributed by atoms with E-state index in [-0.39, 0.29) is 62.7 Å². The molecule has 1 aromatic rings. The van der Waals surface area contributed by atoms with Crippen molar-refractivity contribution in [1.82, 2.24) is 26.2 Å². The van der Waals surface area contributed by atoms with E-state index < -0.39 is 118 Å². The van der Waals surface area contributed by atoms with Gasteiger partial charge in [-0.05, 0) is 122 Å². The molecule has 1 rings (SSSR count). The van der Waals surface area contributed by atoms with Crippen molar-refractivity contribution in [3.63, 3.8) is 0 Å². The first-order valence-corrected chi connectivity index (χ1v) is 41.3. The number of guanidine groups is 1. The van der Waals surface area contributed by atoms with Gasteiger partial charge in [-0.15, -0.1) is 0 Å². The fraction of sp³-hybridized carbons (Fsp3) is 0.738. The molecule has 23 nitrogen and oxygen atoms in total. The van der Waals surface area contributed by atoms with Gasteiger partial charge in [-0.25, -0.2) is 14.4 Å². The number of ketones is 1. The van der Waals surface area contributed by atoms with E-state index in [1.54, 1.807) is 137 Å². The van der Waals surface area contributed by atoms with Crippen LogP contribution in [0.15, 0.2) is 23.2 Å². The number of rotatable bonds is 31. The van der Waals surface area contributed by atoms with Crippen LogP contribution in [0.2, 0.25) is 14.8 Å². The van der Waals surface area contributed by atoms with Crippen LogP contribution in [-0.4, -0.2) is 147 Å². The fourth-order valence-corrected chi connectivity index (χ4v) is 13.5. The van der Waals surface area contributed by atoms with Gasteiger partial charge in [0.15, 0.2) is 0 Å². The Morgan fingerprint density at radius 1 is 0.494 bits per heavy atom. The van der Waals surface area contributed by atoms with E-state index in [1.807, 2.05) is 6.07 Å². The van der Waals surface area contributed by atoms with Gasteiger partial charge >= 0.3 is 278 Å². The van der Waals surface area contributed by atoms with E-state index in [0.29, 0.717) is 76.3 Å². The molecule has 0 spiro atoms. The second-order valence-corrected chi connectivity index (χ2v) is 43.9. The zero-order valence-corrected chi connectivity index (χ0v) is 60.5. The number of esters is 4. The van der Waals surface area contributed by atoms with Crippen molar-refractivity contribution in [2.45, 2.75) is 300 Å². The summed E-state index contributed by atoms with van der Waals surface area (Å²) < 4.78 is 34.0. The minimum absolute atomic E-state index is 0.0612. The van der Waals surface area contributed by atoms with E-state index in [0.717, 1.165) is 14.0 Å². The fourth-order valence-electron chi connectivity index (χ4n) is 8.57. The van der Waals surface area contributed by atoms with Crippen LogP contribution in [0.4, 0.5) is 14.4 Å². The Morgan fingerprint density at radius 3 is 1.39 bits per heavy atom. The molecule has 0 aromatic heterocycles. The zero-order valence-electron chi connectivity index (χ0n) is 57.7. The van der Waals surface area contributed by atoms with E-state index >= 15 is 0 Å². The van der Waals surface area contributed by atoms with Crippen LogP contribution < -0.4 is 30.6 Å². The van der Waals surface area contributed by atoms with Gasteiger partial charge in [0, 0.05) is 25.8 Å². The predicted octanol–water partition coefficient (Wildman–Crippen LogP) is 10.6. The van der Waals surface area contributed by atoms with Crippen LogP contribution in [0.1, 0.15) is 243 Å². The third kappa shape index (κ3) is 38.3. The number of nitrogens with two attached hydrogens (primary N) is 1. The summed E-state index contributed by atoms with van der Waals surface area (Å²) >= 11 is -3.05. The van der Waals surface area contributed by atoms with E-state index in [4.69, 9.17) is 34.2 Å². The van der Waals surface area contributed by atoms with Crippen molar-refractivity contribution in [1.29, 1.82) is 0 Å². The molecule has 6 N–H and O–H groups in total. The summed E-state index contributed by atoms with van der Waals surface area (Å²) in [5.74, 6) is -3.45. The predicted molar refractivity (Wildman–Crippen MR) is 345 cm³/mol. The smallest absolute Gasteiger partial charge is 0.458 e. The molecule has 0 aliphatic heterocycles. The Morgan fingerprint density at radius 2 is 0.921 bits per heavy atom. The van der Waals surface area contributed by atoms with Crippen LogP contribution >= 0.6 is 0 Å². The second kappa shape index (κ2) is 36.1. The Bertz CT molecular complexity index is 2570. The third-order valence-corrected chi connectivity index (χ3v) is 18.3. The number of nitrogens with one attached hydrogen (secondary N) is 4. The molecule has 0 saturated heterocycles. The van der Waals surface area contributed by atoms with Gasteiger partial charge < -0.3 is 30.2 Å². The van der Waals surface area contributed by atoms with Crippen molar-refractivity contribution in [3.05, 3.63) is 29.3 Å². The van der Waals surface area contributed by atoms with Gasteiger partial charge in [-0.2, -0.15) is 0 Å². The van der Waals surface area contributed by atoms with Crippen LogP contribution in [-0.2, 0) is 63.7 Å². The number of hydrogen-bond acceptors (Lipinski definition) is 16. The summed E-state index contributed by atoms with van der Waals surface area (Å²) in [6.07, 6.45) is 4.18. The van der Waals surface area contributed by atoms with Gasteiger partial charge in [0.2, 0.25) is 5.91 Å². The molecule has 6 amide bonds. The Balaban J connectivity index is 2.81. The Hall–Kier alpha value is -6.01. The molecule has 89 heavy (non-hydrogen) atoms. The van der Waals surface area contributed by atoms with Crippen LogP contribution in [0.25, 0.3) is 0 Å². The number of ether oxygens (including phenoxy) is 6. The molecule has 0 fully saturated rings. The minimum Gasteiger partial charge on any atom is -0.458 e. The van der Waals surface area contributed by atoms with Crippen molar-refractivity contribution in [2.75, 3.05) is 6.54 Å². The van der Waals surface area contributed by atoms with Gasteiger partial charge in [0.05, 0.1) is 0 Å². The zero-order chi connectivity index (χ0) is 68.5. The summed E-state index contributed by atoms with van der Waals surface area (Å²) in [7, 11) is 0. The monoisotopic (exact) mass is 1370 g/mol. The quantitative estimate of drug-likeness (QED) is 0.00877. The number of aliphatic imine (C=N–C) groups is 1. The summed E-state index contributed by atoms with van der Waals surface area (Å²) in [6.45, 7) is 31.0. The molecule has 0 radical (unpaired) electrons. The molecule has 1 aromatic carbocycles. The molecule has 1 unspecified atom stereocenters. The Labute approximate surface area is 534 Å². The molecular weight excluding hydrogens is 1250 g/mol. The van der Waals surface area contributed by atoms with Gasteiger partial charge in [-0.3, -0.25) is 14.4 Å². The standard InChI is InChI=1S/C62H102N7O16.3CH3.Sn/c1-57(2,3)80-49(73)38-37-45(52(76)83-60(10,11)12)67-54(77)66-44(51(75)82-59(7,8)9)29-26-27-39-64-47(71)31-24-19-20-25-32-48(72)65-43(50(74)81-58(4,5)6)28-22-21-23-30-46(70)42-35-33-41(34-36-42)40-69(56(79)85-62(16,17)18)53(63)68-55(78)84-61(13,14)15;;;;/h33,35-36,43-45H,19-32,37-40H2,1-18H3,(H,64,71)(H,65,72)(H2,63,68,78)(H2,66,67,77);3*1H3;/t43?,44-,45-;;;;/m0..../s1. The third-order valence-electron chi connectivity index (χ3n) is 12.3. The number of hydrogen-bond donors (Lipinski definition) is 5. The maximum absolute atomic E-state index is 13.7. The topological polar surface area (TPSA) is 316 Å². The number of carbonyl (C=O) groups is 10. The number of carbonyl (C=O) groups excluding carboxylic acids is 10. The van der Waals surface area contributed by atoms with Gasteiger partial charge in [0.25, 0.3) is 0 Å². The van der Waals surface area contributed by atoms with Crippen molar-refractivity contribution >= 4 is 87.6 Å². The number of benzene rings is 1. The van der Waals surface area contributed by atoms with Crippen LogP contribution in [0, 0.1) is 0 Å². The molecule has 0 aliphatic rings. The van der Waals surface area contributed by atoms with Gasteiger partial charge in [0.1, 0.15) is 34.5 Å². The van der Waals surface area contributed by atoms with Gasteiger partial charge in [-0.1, -0.05) is 12.8 Å². The first-order valence-electron chi connectivity index (χ1n) is 31.3. The average molecular weight is 1370 g/mol. The molecule has 3 atom stereocenters. The van der Waals surface area contributed by atoms with E-state index in [1.165, 1.54) is 0 Å². The molecule has 506 valence electrons. The summed E-state index contributed by atoms with van der Waals surface area (Å²) in [4.78, 5) is 143. The molecular formula is C65H111N7O16Sn. The minimum atomic E-state index is -3.05. The van der Waals surface area contributed by atoms with Crippen LogP contribution in [0.3, 0.4) is 0 Å². The SMILES string of the molecule is CC(C)(C)OC(=O)CC[C@H](NC(=O)N[C@@H](CCCCNC(=O)CCCCCCC(=O)NC(CCCCCC(=O)c1ccc(CN(C(=O)OC(C)(C)C)C(N)=NC(=O)OC(C)(C)C)[c]([Sn]([CH3])([CH3])[CH3])c1)C(=O)OC(C)(C)C)C(=O)OC(C)(C)C)C(=O)OC(C)(C)C. The van der Waals surface area contributed by atoms with E-state index in [9.17, 15) is 47.9 Å². The normalized spacial score (nSPS) is 13.6. The van der Waals surface area contributed by atoms with E-state index in [2.05, 4.69) is 41.1 Å². The second-order valence-electron chi connectivity index (χ2n) is 29.5. The summed E-state index contributed by atoms with van der Waals surface area (Å²) in [5, 5.41) is 10.9. The molecule has 0 bridgehead atoms. The summed E-state index contributed by atoms with van der Waals surface area (Å²) in [5.41, 5.74) is 2.56. The number of unbranched alkanes of at least 4 members (excludes halogenated alkanes) is 6. The maximum atomic E-state index is 13.7. The molecule has 0 heterocycles. The number of urea groups is 1. The Kier molecular flexibility index (Phi) is 32.9. The first kappa shape index (κ1) is 81.0. The molecule has 24 heteroatoms. The number of Topliss-reactive ketones (excluding diaryl/α,β-unsaturated/α-hetero) is 1. The van der Waals surface area contributed by atoms with Crippen molar-refractivity contribution in [3.8, 4) is 0 Å². The average Bonchev–Trinajstić information content (AvgIpc) is 0.988.